The molecule has 2 aliphatic heterocycles. The summed E-state index contributed by atoms with van der Waals surface area (Å²) in [5, 5.41) is 3.36. The first-order valence-electron chi connectivity index (χ1n) is 10.4. The number of hydrogen-bond donors (Lipinski definition) is 1. The van der Waals surface area contributed by atoms with Gasteiger partial charge in [0, 0.05) is 24.7 Å². The lowest BCUT2D eigenvalue weighted by Gasteiger charge is -2.43. The first kappa shape index (κ1) is 18.2. The van der Waals surface area contributed by atoms with Crippen molar-refractivity contribution < 1.29 is 4.79 Å². The van der Waals surface area contributed by atoms with Gasteiger partial charge in [0.2, 0.25) is 5.91 Å². The van der Waals surface area contributed by atoms with Crippen LogP contribution in [-0.2, 0) is 4.79 Å². The summed E-state index contributed by atoms with van der Waals surface area (Å²) < 4.78 is 0. The van der Waals surface area contributed by atoms with Gasteiger partial charge in [0.15, 0.2) is 0 Å². The Hall–Kier alpha value is -0.610. The lowest BCUT2D eigenvalue weighted by Crippen LogP contribution is -2.52. The molecule has 2 saturated heterocycles. The van der Waals surface area contributed by atoms with E-state index in [0.29, 0.717) is 24.0 Å². The number of nitrogens with zero attached hydrogens (tertiary/aromatic N) is 2. The lowest BCUT2D eigenvalue weighted by molar-refractivity contribution is -0.128. The quantitative estimate of drug-likeness (QED) is 0.858. The Kier molecular flexibility index (Phi) is 6.56. The molecular formula is C20H37N3O. The van der Waals surface area contributed by atoms with Crippen molar-refractivity contribution in [3.63, 3.8) is 0 Å². The van der Waals surface area contributed by atoms with Gasteiger partial charge in [0.25, 0.3) is 0 Å². The van der Waals surface area contributed by atoms with E-state index in [1.807, 2.05) is 0 Å². The molecule has 2 heterocycles. The number of likely N-dealkylation sites (tertiary alicyclic amines) is 2. The van der Waals surface area contributed by atoms with Crippen molar-refractivity contribution in [2.45, 2.75) is 89.8 Å². The third-order valence-corrected chi connectivity index (χ3v) is 6.52. The molecule has 4 nitrogen and oxygen atoms in total. The van der Waals surface area contributed by atoms with Gasteiger partial charge in [-0.1, -0.05) is 19.3 Å². The second-order valence-electron chi connectivity index (χ2n) is 8.54. The molecule has 3 fully saturated rings. The van der Waals surface area contributed by atoms with Crippen LogP contribution in [-0.4, -0.2) is 60.0 Å². The molecule has 0 spiro atoms. The molecule has 0 aromatic heterocycles. The van der Waals surface area contributed by atoms with Gasteiger partial charge in [-0.05, 0) is 72.0 Å². The van der Waals surface area contributed by atoms with Gasteiger partial charge in [-0.15, -0.1) is 0 Å². The van der Waals surface area contributed by atoms with E-state index < -0.39 is 0 Å². The Morgan fingerprint density at radius 2 is 1.62 bits per heavy atom. The zero-order chi connectivity index (χ0) is 16.9. The molecule has 0 bridgehead atoms. The number of amides is 1. The minimum absolute atomic E-state index is 0.226. The molecule has 1 aliphatic carbocycles. The average molecular weight is 336 g/mol. The number of piperidine rings is 2. The SMILES string of the molecule is CC(C)N1CCC(N2CCC[C@H](C(=O)NC3CCCCC3)C2)CC1. The maximum absolute atomic E-state index is 12.7. The second-order valence-corrected chi connectivity index (χ2v) is 8.54. The van der Waals surface area contributed by atoms with Crippen LogP contribution >= 0.6 is 0 Å². The summed E-state index contributed by atoms with van der Waals surface area (Å²) >= 11 is 0. The van der Waals surface area contributed by atoms with Crippen molar-refractivity contribution in [3.8, 4) is 0 Å². The summed E-state index contributed by atoms with van der Waals surface area (Å²) in [6, 6.07) is 1.82. The van der Waals surface area contributed by atoms with E-state index in [9.17, 15) is 4.79 Å². The Morgan fingerprint density at radius 3 is 2.29 bits per heavy atom. The summed E-state index contributed by atoms with van der Waals surface area (Å²) in [6.07, 6.45) is 11.1. The van der Waals surface area contributed by atoms with E-state index >= 15 is 0 Å². The fourth-order valence-electron chi connectivity index (χ4n) is 4.89. The Labute approximate surface area is 148 Å². The second kappa shape index (κ2) is 8.66. The zero-order valence-corrected chi connectivity index (χ0v) is 15.8. The molecule has 24 heavy (non-hydrogen) atoms. The fraction of sp³-hybridized carbons (Fsp3) is 0.950. The third-order valence-electron chi connectivity index (χ3n) is 6.52. The van der Waals surface area contributed by atoms with Crippen molar-refractivity contribution >= 4 is 5.91 Å². The van der Waals surface area contributed by atoms with Crippen LogP contribution in [0.15, 0.2) is 0 Å². The number of nitrogens with one attached hydrogen (secondary N) is 1. The van der Waals surface area contributed by atoms with E-state index in [4.69, 9.17) is 0 Å². The van der Waals surface area contributed by atoms with Crippen LogP contribution in [0.2, 0.25) is 0 Å². The molecule has 0 unspecified atom stereocenters. The highest BCUT2D eigenvalue weighted by molar-refractivity contribution is 5.79. The van der Waals surface area contributed by atoms with Crippen molar-refractivity contribution in [1.29, 1.82) is 0 Å². The molecule has 1 N–H and O–H groups in total. The van der Waals surface area contributed by atoms with Crippen LogP contribution < -0.4 is 5.32 Å². The van der Waals surface area contributed by atoms with Gasteiger partial charge in [-0.25, -0.2) is 0 Å². The highest BCUT2D eigenvalue weighted by Crippen LogP contribution is 2.25. The van der Waals surface area contributed by atoms with Crippen LogP contribution in [0.4, 0.5) is 0 Å². The highest BCUT2D eigenvalue weighted by atomic mass is 16.2. The molecular weight excluding hydrogens is 298 g/mol. The van der Waals surface area contributed by atoms with Crippen LogP contribution in [0.3, 0.4) is 0 Å². The minimum Gasteiger partial charge on any atom is -0.353 e. The van der Waals surface area contributed by atoms with Gasteiger partial charge in [0.05, 0.1) is 5.92 Å². The minimum atomic E-state index is 0.226. The maximum Gasteiger partial charge on any atom is 0.224 e. The first-order chi connectivity index (χ1) is 11.6. The number of carbonyl (C=O) groups is 1. The Morgan fingerprint density at radius 1 is 0.917 bits per heavy atom. The van der Waals surface area contributed by atoms with Crippen molar-refractivity contribution in [2.24, 2.45) is 5.92 Å². The fourth-order valence-corrected chi connectivity index (χ4v) is 4.89. The smallest absolute Gasteiger partial charge is 0.224 e. The monoisotopic (exact) mass is 335 g/mol. The highest BCUT2D eigenvalue weighted by Gasteiger charge is 2.32. The van der Waals surface area contributed by atoms with Gasteiger partial charge in [-0.3, -0.25) is 9.69 Å². The van der Waals surface area contributed by atoms with Crippen molar-refractivity contribution in [2.75, 3.05) is 26.2 Å². The van der Waals surface area contributed by atoms with Crippen LogP contribution in [0.1, 0.15) is 71.6 Å². The standard InChI is InChI=1S/C20H37N3O/c1-16(2)22-13-10-19(11-14-22)23-12-6-7-17(15-23)20(24)21-18-8-4-3-5-9-18/h16-19H,3-15H2,1-2H3,(H,21,24)/t17-/m0/s1. The summed E-state index contributed by atoms with van der Waals surface area (Å²) in [5.41, 5.74) is 0. The molecule has 138 valence electrons. The van der Waals surface area contributed by atoms with E-state index in [-0.39, 0.29) is 5.92 Å². The maximum atomic E-state index is 12.7. The lowest BCUT2D eigenvalue weighted by atomic mass is 9.91. The molecule has 0 radical (unpaired) electrons. The van der Waals surface area contributed by atoms with Crippen LogP contribution in [0.5, 0.6) is 0 Å². The average Bonchev–Trinajstić information content (AvgIpc) is 2.63. The van der Waals surface area contributed by atoms with E-state index in [1.54, 1.807) is 0 Å². The van der Waals surface area contributed by atoms with Gasteiger partial charge in [-0.2, -0.15) is 0 Å². The van der Waals surface area contributed by atoms with E-state index in [1.165, 1.54) is 71.0 Å². The number of rotatable bonds is 4. The molecule has 1 saturated carbocycles. The normalized spacial score (nSPS) is 29.0. The Balaban J connectivity index is 1.46. The summed E-state index contributed by atoms with van der Waals surface area (Å²) in [5.74, 6) is 0.565. The van der Waals surface area contributed by atoms with Crippen LogP contribution in [0.25, 0.3) is 0 Å². The topological polar surface area (TPSA) is 35.6 Å². The van der Waals surface area contributed by atoms with Crippen molar-refractivity contribution in [3.05, 3.63) is 0 Å². The summed E-state index contributed by atoms with van der Waals surface area (Å²) in [7, 11) is 0. The van der Waals surface area contributed by atoms with Crippen molar-refractivity contribution in [1.82, 2.24) is 15.1 Å². The number of hydrogen-bond acceptors (Lipinski definition) is 3. The third kappa shape index (κ3) is 4.72. The van der Waals surface area contributed by atoms with Gasteiger partial charge in [0.1, 0.15) is 0 Å². The Bertz CT molecular complexity index is 398. The molecule has 3 rings (SSSR count). The number of carbonyl (C=O) groups excluding carboxylic acids is 1. The summed E-state index contributed by atoms with van der Waals surface area (Å²) in [4.78, 5) is 17.9. The first-order valence-corrected chi connectivity index (χ1v) is 10.4. The van der Waals surface area contributed by atoms with E-state index in [2.05, 4.69) is 29.0 Å². The largest absolute Gasteiger partial charge is 0.353 e. The van der Waals surface area contributed by atoms with Crippen LogP contribution in [0, 0.1) is 5.92 Å². The molecule has 0 aromatic rings. The predicted octanol–water partition coefficient (Wildman–Crippen LogP) is 3.02. The van der Waals surface area contributed by atoms with Gasteiger partial charge >= 0.3 is 0 Å². The molecule has 1 atom stereocenters. The molecule has 3 aliphatic rings. The molecule has 0 aromatic carbocycles. The van der Waals surface area contributed by atoms with Gasteiger partial charge < -0.3 is 10.2 Å². The predicted molar refractivity (Wildman–Crippen MR) is 99.0 cm³/mol. The zero-order valence-electron chi connectivity index (χ0n) is 15.8. The van der Waals surface area contributed by atoms with E-state index in [0.717, 1.165) is 13.0 Å². The molecule has 1 amide bonds. The summed E-state index contributed by atoms with van der Waals surface area (Å²) in [6.45, 7) is 9.22. The molecule has 4 heteroatoms.